The number of hydrogen-bond acceptors (Lipinski definition) is 6. The number of carbonyl (C=O) groups is 1. The van der Waals surface area contributed by atoms with Crippen molar-refractivity contribution < 1.29 is 4.79 Å². The molecule has 0 bridgehead atoms. The molecule has 0 spiro atoms. The third-order valence-electron chi connectivity index (χ3n) is 4.07. The van der Waals surface area contributed by atoms with E-state index in [-0.39, 0.29) is 11.2 Å². The summed E-state index contributed by atoms with van der Waals surface area (Å²) in [4.78, 5) is 29.0. The molecule has 114 valence electrons. The molecule has 3 heterocycles. The summed E-state index contributed by atoms with van der Waals surface area (Å²) < 4.78 is 0. The molecule has 1 amide bonds. The van der Waals surface area contributed by atoms with Crippen molar-refractivity contribution in [2.24, 2.45) is 0 Å². The maximum absolute atomic E-state index is 12.1. The van der Waals surface area contributed by atoms with Gasteiger partial charge in [-0.25, -0.2) is 0 Å². The predicted molar refractivity (Wildman–Crippen MR) is 80.7 cm³/mol. The van der Waals surface area contributed by atoms with Crippen LogP contribution in [0.5, 0.6) is 0 Å². The lowest BCUT2D eigenvalue weighted by atomic mass is 10.00. The van der Waals surface area contributed by atoms with Crippen LogP contribution in [0.25, 0.3) is 0 Å². The highest BCUT2D eigenvalue weighted by Gasteiger charge is 2.39. The maximum atomic E-state index is 12.1. The SMILES string of the molecule is CC1(C)C(=O)NCCN1c1nc(Cl)nc(N2CCCC2)n1. The van der Waals surface area contributed by atoms with Gasteiger partial charge >= 0.3 is 0 Å². The molecule has 0 atom stereocenters. The van der Waals surface area contributed by atoms with Crippen LogP contribution in [-0.4, -0.2) is 52.6 Å². The van der Waals surface area contributed by atoms with E-state index in [2.05, 4.69) is 25.2 Å². The Bertz CT molecular complexity index is 558. The van der Waals surface area contributed by atoms with Crippen LogP contribution >= 0.6 is 11.6 Å². The van der Waals surface area contributed by atoms with Gasteiger partial charge in [0.15, 0.2) is 0 Å². The number of piperazine rings is 1. The molecule has 1 aromatic heterocycles. The van der Waals surface area contributed by atoms with Crippen molar-refractivity contribution in [2.45, 2.75) is 32.2 Å². The number of anilines is 2. The number of amides is 1. The zero-order valence-corrected chi connectivity index (χ0v) is 13.0. The monoisotopic (exact) mass is 310 g/mol. The van der Waals surface area contributed by atoms with Gasteiger partial charge in [-0.3, -0.25) is 4.79 Å². The zero-order chi connectivity index (χ0) is 15.0. The van der Waals surface area contributed by atoms with E-state index in [1.54, 1.807) is 0 Å². The Morgan fingerprint density at radius 2 is 1.76 bits per heavy atom. The summed E-state index contributed by atoms with van der Waals surface area (Å²) in [5, 5.41) is 3.03. The van der Waals surface area contributed by atoms with Crippen molar-refractivity contribution in [3.05, 3.63) is 5.28 Å². The second-order valence-corrected chi connectivity index (χ2v) is 6.20. The molecule has 7 nitrogen and oxygen atoms in total. The Morgan fingerprint density at radius 1 is 1.10 bits per heavy atom. The third kappa shape index (κ3) is 2.62. The van der Waals surface area contributed by atoms with E-state index in [1.165, 1.54) is 0 Å². The molecule has 0 radical (unpaired) electrons. The zero-order valence-electron chi connectivity index (χ0n) is 12.3. The first-order chi connectivity index (χ1) is 9.98. The van der Waals surface area contributed by atoms with Crippen molar-refractivity contribution >= 4 is 29.4 Å². The Labute approximate surface area is 128 Å². The number of nitrogens with one attached hydrogen (secondary N) is 1. The number of aromatic nitrogens is 3. The molecule has 2 saturated heterocycles. The summed E-state index contributed by atoms with van der Waals surface area (Å²) in [6, 6.07) is 0. The van der Waals surface area contributed by atoms with Crippen LogP contribution in [0.2, 0.25) is 5.28 Å². The minimum absolute atomic E-state index is 0.0343. The summed E-state index contributed by atoms with van der Waals surface area (Å²) in [7, 11) is 0. The minimum atomic E-state index is -0.703. The summed E-state index contributed by atoms with van der Waals surface area (Å²) >= 11 is 6.06. The van der Waals surface area contributed by atoms with Gasteiger partial charge in [0.25, 0.3) is 0 Å². The second kappa shape index (κ2) is 5.29. The van der Waals surface area contributed by atoms with Gasteiger partial charge in [0.2, 0.25) is 23.1 Å². The van der Waals surface area contributed by atoms with Gasteiger partial charge in [-0.2, -0.15) is 15.0 Å². The Hall–Kier alpha value is -1.63. The number of hydrogen-bond donors (Lipinski definition) is 1. The van der Waals surface area contributed by atoms with Gasteiger partial charge in [0.05, 0.1) is 0 Å². The average Bonchev–Trinajstić information content (AvgIpc) is 2.95. The number of rotatable bonds is 2. The van der Waals surface area contributed by atoms with E-state index in [4.69, 9.17) is 11.6 Å². The van der Waals surface area contributed by atoms with Crippen LogP contribution in [0, 0.1) is 0 Å². The standard InChI is InChI=1S/C13H19ClN6O/c1-13(2)9(21)15-5-8-20(13)12-17-10(14)16-11(18-12)19-6-3-4-7-19/h3-8H2,1-2H3,(H,15,21). The van der Waals surface area contributed by atoms with Crippen molar-refractivity contribution in [2.75, 3.05) is 36.0 Å². The van der Waals surface area contributed by atoms with Crippen molar-refractivity contribution in [1.82, 2.24) is 20.3 Å². The molecule has 1 N–H and O–H groups in total. The van der Waals surface area contributed by atoms with Crippen molar-refractivity contribution in [3.63, 3.8) is 0 Å². The third-order valence-corrected chi connectivity index (χ3v) is 4.24. The molecule has 0 saturated carbocycles. The lowest BCUT2D eigenvalue weighted by Crippen LogP contribution is -2.62. The predicted octanol–water partition coefficient (Wildman–Crippen LogP) is 0.840. The van der Waals surface area contributed by atoms with Gasteiger partial charge in [-0.15, -0.1) is 0 Å². The molecule has 2 aliphatic rings. The van der Waals surface area contributed by atoms with Gasteiger partial charge in [0, 0.05) is 26.2 Å². The van der Waals surface area contributed by atoms with E-state index in [1.807, 2.05) is 18.7 Å². The minimum Gasteiger partial charge on any atom is -0.352 e. The summed E-state index contributed by atoms with van der Waals surface area (Å²) in [5.74, 6) is 1.04. The van der Waals surface area contributed by atoms with E-state index >= 15 is 0 Å². The molecule has 3 rings (SSSR count). The van der Waals surface area contributed by atoms with Crippen LogP contribution < -0.4 is 15.1 Å². The highest BCUT2D eigenvalue weighted by Crippen LogP contribution is 2.26. The largest absolute Gasteiger partial charge is 0.352 e. The number of nitrogens with zero attached hydrogens (tertiary/aromatic N) is 5. The summed E-state index contributed by atoms with van der Waals surface area (Å²) in [6.07, 6.45) is 2.27. The highest BCUT2D eigenvalue weighted by atomic mass is 35.5. The first-order valence-electron chi connectivity index (χ1n) is 7.21. The average molecular weight is 311 g/mol. The quantitative estimate of drug-likeness (QED) is 0.872. The summed E-state index contributed by atoms with van der Waals surface area (Å²) in [5.41, 5.74) is -0.703. The highest BCUT2D eigenvalue weighted by molar-refractivity contribution is 6.28. The molecule has 2 aliphatic heterocycles. The van der Waals surface area contributed by atoms with E-state index < -0.39 is 5.54 Å². The Morgan fingerprint density at radius 3 is 2.48 bits per heavy atom. The lowest BCUT2D eigenvalue weighted by molar-refractivity contribution is -0.126. The van der Waals surface area contributed by atoms with Gasteiger partial charge in [-0.1, -0.05) is 0 Å². The fourth-order valence-corrected chi connectivity index (χ4v) is 2.91. The smallest absolute Gasteiger partial charge is 0.245 e. The molecule has 21 heavy (non-hydrogen) atoms. The van der Waals surface area contributed by atoms with E-state index in [0.717, 1.165) is 25.9 Å². The first-order valence-corrected chi connectivity index (χ1v) is 7.59. The van der Waals surface area contributed by atoms with Gasteiger partial charge in [0.1, 0.15) is 5.54 Å². The molecule has 8 heteroatoms. The van der Waals surface area contributed by atoms with Crippen molar-refractivity contribution in [3.8, 4) is 0 Å². The molecule has 1 aromatic rings. The van der Waals surface area contributed by atoms with Crippen LogP contribution in [-0.2, 0) is 4.79 Å². The van der Waals surface area contributed by atoms with Crippen LogP contribution in [0.1, 0.15) is 26.7 Å². The molecule has 0 unspecified atom stereocenters. The first kappa shape index (κ1) is 14.3. The number of carbonyl (C=O) groups excluding carboxylic acids is 1. The normalized spacial score (nSPS) is 21.6. The fourth-order valence-electron chi connectivity index (χ4n) is 2.76. The number of halogens is 1. The topological polar surface area (TPSA) is 74.2 Å². The maximum Gasteiger partial charge on any atom is 0.245 e. The lowest BCUT2D eigenvalue weighted by Gasteiger charge is -2.41. The fraction of sp³-hybridized carbons (Fsp3) is 0.692. The Kier molecular flexibility index (Phi) is 3.61. The molecule has 0 aliphatic carbocycles. The molecule has 2 fully saturated rings. The second-order valence-electron chi connectivity index (χ2n) is 5.87. The molecular weight excluding hydrogens is 292 g/mol. The van der Waals surface area contributed by atoms with E-state index in [9.17, 15) is 4.79 Å². The molecular formula is C13H19ClN6O. The van der Waals surface area contributed by atoms with Gasteiger partial charge < -0.3 is 15.1 Å². The summed E-state index contributed by atoms with van der Waals surface area (Å²) in [6.45, 7) is 6.81. The molecule has 0 aromatic carbocycles. The van der Waals surface area contributed by atoms with Gasteiger partial charge in [-0.05, 0) is 38.3 Å². The van der Waals surface area contributed by atoms with Crippen LogP contribution in [0.4, 0.5) is 11.9 Å². The van der Waals surface area contributed by atoms with Crippen LogP contribution in [0.15, 0.2) is 0 Å². The Balaban J connectivity index is 1.95. The van der Waals surface area contributed by atoms with Crippen molar-refractivity contribution in [1.29, 1.82) is 0 Å². The van der Waals surface area contributed by atoms with E-state index in [0.29, 0.717) is 25.0 Å². The van der Waals surface area contributed by atoms with Crippen LogP contribution in [0.3, 0.4) is 0 Å².